The molecule has 0 spiro atoms. The molecule has 0 radical (unpaired) electrons. The topological polar surface area (TPSA) is 102 Å². The third-order valence-corrected chi connectivity index (χ3v) is 10.1. The van der Waals surface area contributed by atoms with E-state index in [1.165, 1.54) is 16.9 Å². The van der Waals surface area contributed by atoms with E-state index in [4.69, 9.17) is 39.2 Å². The number of anilines is 2. The number of aromatic nitrogens is 1. The van der Waals surface area contributed by atoms with Crippen LogP contribution in [0.4, 0.5) is 11.4 Å². The van der Waals surface area contributed by atoms with Gasteiger partial charge in [0.05, 0.1) is 43.7 Å². The summed E-state index contributed by atoms with van der Waals surface area (Å²) >= 11 is 20.1. The highest BCUT2D eigenvalue weighted by Crippen LogP contribution is 2.54. The Morgan fingerprint density at radius 2 is 1.74 bits per heavy atom. The van der Waals surface area contributed by atoms with Gasteiger partial charge in [-0.2, -0.15) is 0 Å². The number of nitrogens with zero attached hydrogens (tertiary/aromatic N) is 2. The van der Waals surface area contributed by atoms with Crippen LogP contribution in [0.3, 0.4) is 0 Å². The number of thioether (sulfide) groups is 1. The van der Waals surface area contributed by atoms with Gasteiger partial charge >= 0.3 is 4.87 Å². The first kappa shape index (κ1) is 26.2. The highest BCUT2D eigenvalue weighted by Gasteiger charge is 2.57. The Morgan fingerprint density at radius 3 is 2.44 bits per heavy atom. The molecule has 1 fully saturated rings. The Morgan fingerprint density at radius 1 is 0.974 bits per heavy atom. The summed E-state index contributed by atoms with van der Waals surface area (Å²) in [5.74, 6) is -2.29. The first-order valence-corrected chi connectivity index (χ1v) is 14.4. The predicted octanol–water partition coefficient (Wildman–Crippen LogP) is 5.90. The molecule has 0 bridgehead atoms. The van der Waals surface area contributed by atoms with Gasteiger partial charge in [-0.3, -0.25) is 23.7 Å². The maximum atomic E-state index is 13.7. The highest BCUT2D eigenvalue weighted by molar-refractivity contribution is 8.00. The summed E-state index contributed by atoms with van der Waals surface area (Å²) in [4.78, 5) is 54.8. The van der Waals surface area contributed by atoms with E-state index in [2.05, 4.69) is 5.32 Å². The number of hydrogen-bond donors (Lipinski definition) is 1. The number of furan rings is 1. The van der Waals surface area contributed by atoms with Crippen LogP contribution in [-0.4, -0.2) is 27.5 Å². The van der Waals surface area contributed by atoms with Crippen LogP contribution >= 0.6 is 57.9 Å². The Kier molecular flexibility index (Phi) is 6.84. The quantitative estimate of drug-likeness (QED) is 0.279. The third kappa shape index (κ3) is 4.60. The van der Waals surface area contributed by atoms with Crippen molar-refractivity contribution in [3.63, 3.8) is 0 Å². The Balaban J connectivity index is 1.37. The standard InChI is InChI=1S/C26H16Cl3N3O5S2/c27-12-3-6-14(7-4-12)32-23(34)20-19(17-2-1-9-37-17)22-25(38-21(20)24(32)35)31(26(36)39-22)11-18(33)30-13-5-8-15(28)16(29)10-13/h1-10,19-21H,11H2,(H,30,33)/t19-,20-,21+/m0/s1. The van der Waals surface area contributed by atoms with E-state index in [-0.39, 0.29) is 16.4 Å². The maximum absolute atomic E-state index is 13.7. The largest absolute Gasteiger partial charge is 0.469 e. The lowest BCUT2D eigenvalue weighted by Gasteiger charge is -2.29. The molecule has 3 atom stereocenters. The van der Waals surface area contributed by atoms with Crippen molar-refractivity contribution in [3.05, 3.63) is 96.2 Å². The molecule has 0 aliphatic carbocycles. The summed E-state index contributed by atoms with van der Waals surface area (Å²) in [7, 11) is 0. The molecule has 0 saturated carbocycles. The van der Waals surface area contributed by atoms with E-state index < -0.39 is 34.8 Å². The molecule has 2 aromatic heterocycles. The molecular formula is C26H16Cl3N3O5S2. The van der Waals surface area contributed by atoms with Gasteiger partial charge in [0.15, 0.2) is 0 Å². The molecule has 3 amide bonds. The van der Waals surface area contributed by atoms with Gasteiger partial charge in [-0.25, -0.2) is 4.90 Å². The fraction of sp³-hybridized carbons (Fsp3) is 0.154. The first-order valence-electron chi connectivity index (χ1n) is 11.5. The van der Waals surface area contributed by atoms with Crippen molar-refractivity contribution in [2.75, 3.05) is 10.2 Å². The minimum atomic E-state index is -0.825. The number of fused-ring (bicyclic) bond motifs is 2. The Hall–Kier alpha value is -3.02. The first-order chi connectivity index (χ1) is 18.7. The smallest absolute Gasteiger partial charge is 0.308 e. The summed E-state index contributed by atoms with van der Waals surface area (Å²) in [5.41, 5.74) is 0.826. The second kappa shape index (κ2) is 10.2. The lowest BCUT2D eigenvalue weighted by atomic mass is 9.87. The zero-order valence-corrected chi connectivity index (χ0v) is 23.5. The van der Waals surface area contributed by atoms with Gasteiger partial charge in [0.1, 0.15) is 17.6 Å². The fourth-order valence-electron chi connectivity index (χ4n) is 4.79. The van der Waals surface area contributed by atoms with Crippen molar-refractivity contribution < 1.29 is 18.8 Å². The van der Waals surface area contributed by atoms with Crippen molar-refractivity contribution in [2.24, 2.45) is 5.92 Å². The number of nitrogens with one attached hydrogen (secondary N) is 1. The molecule has 8 nitrogen and oxygen atoms in total. The van der Waals surface area contributed by atoms with Crippen molar-refractivity contribution in [1.82, 2.24) is 4.57 Å². The van der Waals surface area contributed by atoms with Gasteiger partial charge in [-0.05, 0) is 54.6 Å². The number of rotatable bonds is 5. The number of carbonyl (C=O) groups is 3. The molecule has 4 heterocycles. The molecule has 4 aromatic rings. The lowest BCUT2D eigenvalue weighted by molar-refractivity contribution is -0.122. The summed E-state index contributed by atoms with van der Waals surface area (Å²) in [6.45, 7) is -0.302. The van der Waals surface area contributed by atoms with Crippen LogP contribution in [0.15, 0.2) is 75.1 Å². The lowest BCUT2D eigenvalue weighted by Crippen LogP contribution is -2.32. The molecular weight excluding hydrogens is 605 g/mol. The van der Waals surface area contributed by atoms with Crippen LogP contribution in [0.1, 0.15) is 16.6 Å². The minimum Gasteiger partial charge on any atom is -0.469 e. The average Bonchev–Trinajstić information content (AvgIpc) is 3.60. The summed E-state index contributed by atoms with van der Waals surface area (Å²) in [6, 6.07) is 14.5. The second-order valence-corrected chi connectivity index (χ2v) is 12.2. The number of benzene rings is 2. The highest BCUT2D eigenvalue weighted by atomic mass is 35.5. The molecule has 1 saturated heterocycles. The van der Waals surface area contributed by atoms with Crippen LogP contribution in [-0.2, 0) is 20.9 Å². The van der Waals surface area contributed by atoms with Crippen molar-refractivity contribution in [1.29, 1.82) is 0 Å². The summed E-state index contributed by atoms with van der Waals surface area (Å²) in [6.07, 6.45) is 1.48. The van der Waals surface area contributed by atoms with Gasteiger partial charge in [0.25, 0.3) is 0 Å². The fourth-order valence-corrected chi connectivity index (χ4v) is 7.97. The van der Waals surface area contributed by atoms with Crippen molar-refractivity contribution in [2.45, 2.75) is 22.7 Å². The molecule has 13 heteroatoms. The maximum Gasteiger partial charge on any atom is 0.308 e. The van der Waals surface area contributed by atoms with Gasteiger partial charge in [-0.15, -0.1) is 0 Å². The van der Waals surface area contributed by atoms with E-state index >= 15 is 0 Å². The van der Waals surface area contributed by atoms with E-state index in [1.807, 2.05) is 0 Å². The normalized spacial score (nSPS) is 20.2. The van der Waals surface area contributed by atoms with Crippen LogP contribution < -0.4 is 15.1 Å². The number of thiazole rings is 1. The van der Waals surface area contributed by atoms with Gasteiger partial charge in [0, 0.05) is 10.7 Å². The number of halogens is 3. The monoisotopic (exact) mass is 619 g/mol. The van der Waals surface area contributed by atoms with E-state index in [1.54, 1.807) is 48.5 Å². The van der Waals surface area contributed by atoms with E-state index in [0.717, 1.165) is 28.0 Å². The van der Waals surface area contributed by atoms with Crippen LogP contribution in [0.25, 0.3) is 0 Å². The third-order valence-electron chi connectivity index (χ3n) is 6.49. The Labute approximate surface area is 244 Å². The molecule has 6 rings (SSSR count). The van der Waals surface area contributed by atoms with Gasteiger partial charge in [-0.1, -0.05) is 57.9 Å². The molecule has 2 aliphatic rings. The van der Waals surface area contributed by atoms with Crippen molar-refractivity contribution >= 4 is 87.0 Å². The van der Waals surface area contributed by atoms with E-state index in [0.29, 0.717) is 37.1 Å². The summed E-state index contributed by atoms with van der Waals surface area (Å²) in [5, 5.41) is 3.44. The van der Waals surface area contributed by atoms with E-state index in [9.17, 15) is 19.2 Å². The zero-order valence-electron chi connectivity index (χ0n) is 19.6. The van der Waals surface area contributed by atoms with Crippen molar-refractivity contribution in [3.8, 4) is 0 Å². The SMILES string of the molecule is O=C(Cn1c2c(sc1=O)[C@@H](c1ccco1)[C@@H]1C(=O)N(c3ccc(Cl)cc3)C(=O)[C@@H]1S2)Nc1ccc(Cl)c(Cl)c1. The second-order valence-electron chi connectivity index (χ2n) is 8.85. The Bertz CT molecular complexity index is 1680. The number of imide groups is 1. The predicted molar refractivity (Wildman–Crippen MR) is 151 cm³/mol. The minimum absolute atomic E-state index is 0.275. The molecule has 0 unspecified atom stereocenters. The molecule has 198 valence electrons. The number of carbonyl (C=O) groups excluding carboxylic acids is 3. The average molecular weight is 621 g/mol. The molecule has 39 heavy (non-hydrogen) atoms. The van der Waals surface area contributed by atoms with Gasteiger partial charge < -0.3 is 9.73 Å². The summed E-state index contributed by atoms with van der Waals surface area (Å²) < 4.78 is 7.02. The molecule has 1 N–H and O–H groups in total. The zero-order chi connectivity index (χ0) is 27.4. The number of hydrogen-bond acceptors (Lipinski definition) is 7. The number of amides is 3. The molecule has 2 aromatic carbocycles. The van der Waals surface area contributed by atoms with Crippen LogP contribution in [0.5, 0.6) is 0 Å². The van der Waals surface area contributed by atoms with Crippen LogP contribution in [0, 0.1) is 5.92 Å². The molecule has 2 aliphatic heterocycles. The van der Waals surface area contributed by atoms with Crippen LogP contribution in [0.2, 0.25) is 15.1 Å². The van der Waals surface area contributed by atoms with Gasteiger partial charge in [0.2, 0.25) is 17.7 Å².